The van der Waals surface area contributed by atoms with Crippen LogP contribution in [0.25, 0.3) is 0 Å². The number of sulfone groups is 1. The van der Waals surface area contributed by atoms with Gasteiger partial charge in [0.1, 0.15) is 0 Å². The van der Waals surface area contributed by atoms with Crippen LogP contribution < -0.4 is 34.7 Å². The smallest absolute Gasteiger partial charge is 0.545 e. The quantitative estimate of drug-likeness (QED) is 0.383. The van der Waals surface area contributed by atoms with Crippen LogP contribution in [0.5, 0.6) is 0 Å². The summed E-state index contributed by atoms with van der Waals surface area (Å²) in [6, 6.07) is 5.65. The minimum absolute atomic E-state index is 0. The molecule has 0 aromatic heterocycles. The molecule has 2 aromatic rings. The van der Waals surface area contributed by atoms with Gasteiger partial charge >= 0.3 is 35.5 Å². The first-order valence-electron chi connectivity index (χ1n) is 6.36. The van der Waals surface area contributed by atoms with Crippen LogP contribution >= 0.6 is 0 Å². The third-order valence-electron chi connectivity index (χ3n) is 3.17. The zero-order valence-corrected chi connectivity index (χ0v) is 16.7. The van der Waals surface area contributed by atoms with Crippen LogP contribution in [0.1, 0.15) is 20.7 Å². The number of hydrogen-bond donors (Lipinski definition) is 2. The first-order valence-corrected chi connectivity index (χ1v) is 9.28. The van der Waals surface area contributed by atoms with Crippen molar-refractivity contribution in [2.24, 2.45) is 0 Å². The fourth-order valence-corrected chi connectivity index (χ4v) is 3.92. The molecule has 0 amide bonds. The van der Waals surface area contributed by atoms with Crippen molar-refractivity contribution in [3.63, 3.8) is 0 Å². The molecular formula is C14H9NaO9S2. The third-order valence-corrected chi connectivity index (χ3v) is 5.85. The largest absolute Gasteiger partial charge is 1.00 e. The Bertz CT molecular complexity index is 1070. The molecule has 12 heteroatoms. The molecule has 0 radical (unpaired) electrons. The molecular weight excluding hydrogens is 399 g/mol. The molecule has 0 spiro atoms. The molecule has 0 saturated heterocycles. The molecule has 0 aliphatic heterocycles. The average molecular weight is 408 g/mol. The molecule has 132 valence electrons. The molecule has 2 rings (SSSR count). The van der Waals surface area contributed by atoms with E-state index >= 15 is 0 Å². The topological polar surface area (TPSA) is 166 Å². The van der Waals surface area contributed by atoms with Crippen molar-refractivity contribution in [3.8, 4) is 0 Å². The van der Waals surface area contributed by atoms with E-state index < -0.39 is 57.7 Å². The number of carboxylic acids is 2. The molecule has 2 aromatic carbocycles. The van der Waals surface area contributed by atoms with Gasteiger partial charge in [-0.25, -0.2) is 13.2 Å². The van der Waals surface area contributed by atoms with Gasteiger partial charge in [-0.2, -0.15) is 8.42 Å². The maximum Gasteiger partial charge on any atom is 1.00 e. The number of carboxylic acid groups (broad SMARTS) is 2. The Labute approximate surface area is 170 Å². The Morgan fingerprint density at radius 3 is 1.81 bits per heavy atom. The number of carbonyl (C=O) groups excluding carboxylic acids is 1. The maximum atomic E-state index is 12.6. The van der Waals surface area contributed by atoms with Crippen LogP contribution in [-0.2, 0) is 20.0 Å². The normalized spacial score (nSPS) is 11.4. The monoisotopic (exact) mass is 408 g/mol. The van der Waals surface area contributed by atoms with Crippen LogP contribution in [-0.4, -0.2) is 38.4 Å². The first kappa shape index (κ1) is 22.3. The van der Waals surface area contributed by atoms with E-state index in [1.807, 2.05) is 0 Å². The van der Waals surface area contributed by atoms with Crippen molar-refractivity contribution in [3.05, 3.63) is 53.6 Å². The van der Waals surface area contributed by atoms with E-state index in [1.165, 1.54) is 0 Å². The van der Waals surface area contributed by atoms with Gasteiger partial charge in [-0.15, -0.1) is 0 Å². The van der Waals surface area contributed by atoms with Gasteiger partial charge in [-0.3, -0.25) is 4.55 Å². The molecule has 9 nitrogen and oxygen atoms in total. The minimum Gasteiger partial charge on any atom is -0.545 e. The van der Waals surface area contributed by atoms with Crippen LogP contribution in [0.2, 0.25) is 0 Å². The van der Waals surface area contributed by atoms with E-state index in [2.05, 4.69) is 0 Å². The first-order chi connectivity index (χ1) is 11.4. The molecule has 26 heavy (non-hydrogen) atoms. The standard InChI is InChI=1S/C14H10O9S2.Na/c15-13(16)8-1-6-11(14(17)18)12(7-8)24(19,20)9-2-4-10(5-3-9)25(21,22)23;/h1-7H,(H,15,16)(H,17,18)(H,21,22,23);/q;+1/p-1. The van der Waals surface area contributed by atoms with Crippen molar-refractivity contribution in [1.82, 2.24) is 0 Å². The SMILES string of the molecule is O=C([O-])c1ccc(C(=O)O)c(S(=O)(=O)c2ccc(S(=O)(=O)O)cc2)c1.[Na+]. The van der Waals surface area contributed by atoms with Gasteiger partial charge in [0.05, 0.1) is 26.2 Å². The Kier molecular flexibility index (Phi) is 6.74. The van der Waals surface area contributed by atoms with Gasteiger partial charge < -0.3 is 15.0 Å². The molecule has 0 bridgehead atoms. The molecule has 0 unspecified atom stereocenters. The molecule has 0 aliphatic carbocycles. The van der Waals surface area contributed by atoms with Gasteiger partial charge in [0, 0.05) is 0 Å². The van der Waals surface area contributed by atoms with Gasteiger partial charge in [-0.05, 0) is 42.0 Å². The molecule has 0 heterocycles. The van der Waals surface area contributed by atoms with Crippen molar-refractivity contribution in [1.29, 1.82) is 0 Å². The summed E-state index contributed by atoms with van der Waals surface area (Å²) in [7, 11) is -9.03. The van der Waals surface area contributed by atoms with Crippen LogP contribution in [0, 0.1) is 0 Å². The van der Waals surface area contributed by atoms with Crippen LogP contribution in [0.4, 0.5) is 0 Å². The minimum atomic E-state index is -4.54. The predicted octanol–water partition coefficient (Wildman–Crippen LogP) is -3.17. The molecule has 0 fully saturated rings. The van der Waals surface area contributed by atoms with Gasteiger partial charge in [-0.1, -0.05) is 6.07 Å². The Morgan fingerprint density at radius 1 is 0.885 bits per heavy atom. The van der Waals surface area contributed by atoms with Crippen molar-refractivity contribution < 1.29 is 70.7 Å². The van der Waals surface area contributed by atoms with E-state index in [0.717, 1.165) is 36.4 Å². The zero-order chi connectivity index (χ0) is 19.0. The van der Waals surface area contributed by atoms with Crippen molar-refractivity contribution >= 4 is 31.9 Å². The molecule has 0 aliphatic rings. The number of rotatable bonds is 5. The fourth-order valence-electron chi connectivity index (χ4n) is 1.97. The Balaban J connectivity index is 0.00000338. The Hall–Kier alpha value is -1.76. The summed E-state index contributed by atoms with van der Waals surface area (Å²) >= 11 is 0. The Morgan fingerprint density at radius 2 is 1.38 bits per heavy atom. The second-order valence-corrected chi connectivity index (χ2v) is 8.09. The third kappa shape index (κ3) is 4.50. The van der Waals surface area contributed by atoms with E-state index in [1.54, 1.807) is 0 Å². The summed E-state index contributed by atoms with van der Waals surface area (Å²) < 4.78 is 56.1. The molecule has 0 atom stereocenters. The summed E-state index contributed by atoms with van der Waals surface area (Å²) in [6.45, 7) is 0. The number of aromatic carboxylic acids is 2. The number of carbonyl (C=O) groups is 2. The summed E-state index contributed by atoms with van der Waals surface area (Å²) in [5.74, 6) is -3.30. The molecule has 0 saturated carbocycles. The summed E-state index contributed by atoms with van der Waals surface area (Å²) in [6.07, 6.45) is 0. The fraction of sp³-hybridized carbons (Fsp3) is 0. The summed E-state index contributed by atoms with van der Waals surface area (Å²) in [5, 5.41) is 20.0. The zero-order valence-electron chi connectivity index (χ0n) is 13.1. The average Bonchev–Trinajstić information content (AvgIpc) is 2.53. The van der Waals surface area contributed by atoms with E-state index in [4.69, 9.17) is 9.66 Å². The molecule has 2 N–H and O–H groups in total. The van der Waals surface area contributed by atoms with Crippen LogP contribution in [0.15, 0.2) is 57.2 Å². The van der Waals surface area contributed by atoms with E-state index in [9.17, 15) is 31.5 Å². The van der Waals surface area contributed by atoms with E-state index in [-0.39, 0.29) is 29.6 Å². The second kappa shape index (κ2) is 7.86. The van der Waals surface area contributed by atoms with Crippen molar-refractivity contribution in [2.45, 2.75) is 14.7 Å². The number of hydrogen-bond acceptors (Lipinski definition) is 7. The van der Waals surface area contributed by atoms with Crippen molar-refractivity contribution in [2.75, 3.05) is 0 Å². The van der Waals surface area contributed by atoms with Gasteiger partial charge in [0.15, 0.2) is 0 Å². The second-order valence-electron chi connectivity index (χ2n) is 4.75. The van der Waals surface area contributed by atoms with Gasteiger partial charge in [0.25, 0.3) is 10.1 Å². The predicted molar refractivity (Wildman–Crippen MR) is 79.4 cm³/mol. The van der Waals surface area contributed by atoms with Crippen LogP contribution in [0.3, 0.4) is 0 Å². The summed E-state index contributed by atoms with van der Waals surface area (Å²) in [5.41, 5.74) is -1.21. The van der Waals surface area contributed by atoms with Gasteiger partial charge in [0.2, 0.25) is 9.84 Å². The number of benzene rings is 2. The summed E-state index contributed by atoms with van der Waals surface area (Å²) in [4.78, 5) is 20.3. The maximum absolute atomic E-state index is 12.6. The van der Waals surface area contributed by atoms with E-state index in [0.29, 0.717) is 6.07 Å².